The fourth-order valence-corrected chi connectivity index (χ4v) is 3.01. The van der Waals surface area contributed by atoms with Crippen molar-refractivity contribution in [3.63, 3.8) is 0 Å². The molecule has 0 radical (unpaired) electrons. The first-order valence-corrected chi connectivity index (χ1v) is 8.01. The van der Waals surface area contributed by atoms with Crippen LogP contribution in [0.5, 0.6) is 11.5 Å². The Hall–Kier alpha value is -0.740. The Morgan fingerprint density at radius 1 is 1.20 bits per heavy atom. The molecule has 1 aromatic rings. The summed E-state index contributed by atoms with van der Waals surface area (Å²) in [6.45, 7) is 7.59. The van der Waals surface area contributed by atoms with Gasteiger partial charge in [0.1, 0.15) is 16.0 Å². The van der Waals surface area contributed by atoms with Crippen LogP contribution in [0.3, 0.4) is 0 Å². The number of hydrogen-bond donors (Lipinski definition) is 1. The molecule has 20 heavy (non-hydrogen) atoms. The summed E-state index contributed by atoms with van der Waals surface area (Å²) in [5.74, 6) is 2.33. The van der Waals surface area contributed by atoms with Gasteiger partial charge in [-0.2, -0.15) is 0 Å². The van der Waals surface area contributed by atoms with Gasteiger partial charge < -0.3 is 14.8 Å². The van der Waals surface area contributed by atoms with Crippen LogP contribution < -0.4 is 14.8 Å². The standard InChI is InChI=1S/C16H26BrNO2/c1-6-11(3)10-13(18-7-2)12-8-9-14(19-4)15(17)16(12)20-5/h8-9,11,13,18H,6-7,10H2,1-5H3. The van der Waals surface area contributed by atoms with E-state index in [0.717, 1.165) is 28.9 Å². The number of ether oxygens (including phenoxy) is 2. The highest BCUT2D eigenvalue weighted by molar-refractivity contribution is 9.10. The highest BCUT2D eigenvalue weighted by Crippen LogP contribution is 2.41. The van der Waals surface area contributed by atoms with Gasteiger partial charge in [0.15, 0.2) is 0 Å². The van der Waals surface area contributed by atoms with Crippen LogP contribution in [0.2, 0.25) is 0 Å². The predicted octanol–water partition coefficient (Wildman–Crippen LogP) is 4.55. The first-order chi connectivity index (χ1) is 9.58. The van der Waals surface area contributed by atoms with E-state index in [9.17, 15) is 0 Å². The lowest BCUT2D eigenvalue weighted by atomic mass is 9.93. The van der Waals surface area contributed by atoms with Crippen molar-refractivity contribution in [2.24, 2.45) is 5.92 Å². The number of benzene rings is 1. The zero-order valence-corrected chi connectivity index (χ0v) is 14.7. The van der Waals surface area contributed by atoms with Gasteiger partial charge in [-0.1, -0.05) is 27.2 Å². The van der Waals surface area contributed by atoms with Gasteiger partial charge in [-0.25, -0.2) is 0 Å². The molecule has 0 amide bonds. The summed E-state index contributed by atoms with van der Waals surface area (Å²) in [5.41, 5.74) is 1.18. The van der Waals surface area contributed by atoms with E-state index in [1.807, 2.05) is 6.07 Å². The van der Waals surface area contributed by atoms with Crippen molar-refractivity contribution in [2.45, 2.75) is 39.7 Å². The van der Waals surface area contributed by atoms with Gasteiger partial charge in [-0.15, -0.1) is 0 Å². The molecule has 2 atom stereocenters. The summed E-state index contributed by atoms with van der Waals surface area (Å²) in [7, 11) is 3.37. The molecular formula is C16H26BrNO2. The minimum atomic E-state index is 0.298. The van der Waals surface area contributed by atoms with Gasteiger partial charge in [0.2, 0.25) is 0 Å². The molecule has 0 fully saturated rings. The molecule has 4 heteroatoms. The lowest BCUT2D eigenvalue weighted by molar-refractivity contribution is 0.364. The van der Waals surface area contributed by atoms with Crippen LogP contribution >= 0.6 is 15.9 Å². The quantitative estimate of drug-likeness (QED) is 0.750. The third-order valence-electron chi connectivity index (χ3n) is 3.68. The van der Waals surface area contributed by atoms with Crippen LogP contribution in [0.25, 0.3) is 0 Å². The van der Waals surface area contributed by atoms with E-state index in [1.165, 1.54) is 12.0 Å². The molecule has 0 aliphatic heterocycles. The Morgan fingerprint density at radius 2 is 1.90 bits per heavy atom. The lowest BCUT2D eigenvalue weighted by Crippen LogP contribution is -2.23. The first-order valence-electron chi connectivity index (χ1n) is 7.22. The molecule has 0 saturated carbocycles. The predicted molar refractivity (Wildman–Crippen MR) is 87.7 cm³/mol. The Morgan fingerprint density at radius 3 is 2.40 bits per heavy atom. The summed E-state index contributed by atoms with van der Waals surface area (Å²) in [4.78, 5) is 0. The fraction of sp³-hybridized carbons (Fsp3) is 0.625. The van der Waals surface area contributed by atoms with E-state index < -0.39 is 0 Å². The van der Waals surface area contributed by atoms with Gasteiger partial charge >= 0.3 is 0 Å². The van der Waals surface area contributed by atoms with E-state index in [-0.39, 0.29) is 0 Å². The largest absolute Gasteiger partial charge is 0.495 e. The van der Waals surface area contributed by atoms with Crippen LogP contribution in [-0.2, 0) is 0 Å². The maximum atomic E-state index is 5.59. The topological polar surface area (TPSA) is 30.5 Å². The maximum Gasteiger partial charge on any atom is 0.141 e. The minimum Gasteiger partial charge on any atom is -0.495 e. The summed E-state index contributed by atoms with van der Waals surface area (Å²) < 4.78 is 11.8. The second kappa shape index (κ2) is 8.53. The van der Waals surface area contributed by atoms with Gasteiger partial charge in [-0.05, 0) is 46.9 Å². The van der Waals surface area contributed by atoms with Gasteiger partial charge in [0.05, 0.1) is 14.2 Å². The molecule has 3 nitrogen and oxygen atoms in total. The fourth-order valence-electron chi connectivity index (χ4n) is 2.33. The van der Waals surface area contributed by atoms with E-state index in [1.54, 1.807) is 14.2 Å². The monoisotopic (exact) mass is 343 g/mol. The SMILES string of the molecule is CCNC(CC(C)CC)c1ccc(OC)c(Br)c1OC. The molecule has 114 valence electrons. The Balaban J connectivity index is 3.15. The molecule has 0 aromatic heterocycles. The van der Waals surface area contributed by atoms with Crippen LogP contribution in [0.4, 0.5) is 0 Å². The normalized spacial score (nSPS) is 13.9. The number of rotatable bonds is 8. The van der Waals surface area contributed by atoms with Crippen LogP contribution in [0.1, 0.15) is 45.2 Å². The lowest BCUT2D eigenvalue weighted by Gasteiger charge is -2.24. The molecule has 1 aromatic carbocycles. The van der Waals surface area contributed by atoms with Crippen molar-refractivity contribution in [2.75, 3.05) is 20.8 Å². The van der Waals surface area contributed by atoms with Crippen molar-refractivity contribution in [3.05, 3.63) is 22.2 Å². The molecule has 0 spiro atoms. The summed E-state index contributed by atoms with van der Waals surface area (Å²) in [5, 5.41) is 3.56. The van der Waals surface area contributed by atoms with Crippen molar-refractivity contribution in [3.8, 4) is 11.5 Å². The molecule has 0 heterocycles. The average Bonchev–Trinajstić information content (AvgIpc) is 2.46. The third kappa shape index (κ3) is 4.13. The van der Waals surface area contributed by atoms with Crippen molar-refractivity contribution < 1.29 is 9.47 Å². The molecule has 1 N–H and O–H groups in total. The molecule has 0 aliphatic carbocycles. The summed E-state index contributed by atoms with van der Waals surface area (Å²) >= 11 is 3.58. The number of hydrogen-bond acceptors (Lipinski definition) is 3. The van der Waals surface area contributed by atoms with Gasteiger partial charge in [0.25, 0.3) is 0 Å². The molecule has 0 saturated heterocycles. The summed E-state index contributed by atoms with van der Waals surface area (Å²) in [6.07, 6.45) is 2.28. The van der Waals surface area contributed by atoms with Crippen LogP contribution in [-0.4, -0.2) is 20.8 Å². The van der Waals surface area contributed by atoms with Crippen LogP contribution in [0, 0.1) is 5.92 Å². The van der Waals surface area contributed by atoms with Gasteiger partial charge in [-0.3, -0.25) is 0 Å². The van der Waals surface area contributed by atoms with Crippen LogP contribution in [0.15, 0.2) is 16.6 Å². The number of halogens is 1. The molecule has 1 rings (SSSR count). The number of methoxy groups -OCH3 is 2. The van der Waals surface area contributed by atoms with Gasteiger partial charge in [0, 0.05) is 11.6 Å². The average molecular weight is 344 g/mol. The zero-order valence-electron chi connectivity index (χ0n) is 13.1. The Labute approximate surface area is 131 Å². The zero-order chi connectivity index (χ0) is 15.1. The summed E-state index contributed by atoms with van der Waals surface area (Å²) in [6, 6.07) is 4.38. The smallest absolute Gasteiger partial charge is 0.141 e. The third-order valence-corrected chi connectivity index (χ3v) is 4.43. The maximum absolute atomic E-state index is 5.59. The highest BCUT2D eigenvalue weighted by Gasteiger charge is 2.21. The second-order valence-electron chi connectivity index (χ2n) is 5.06. The van der Waals surface area contributed by atoms with Crippen molar-refractivity contribution in [1.29, 1.82) is 0 Å². The molecule has 2 unspecified atom stereocenters. The highest BCUT2D eigenvalue weighted by atomic mass is 79.9. The minimum absolute atomic E-state index is 0.298. The number of nitrogens with one attached hydrogen (secondary N) is 1. The molecule has 0 bridgehead atoms. The molecular weight excluding hydrogens is 318 g/mol. The van der Waals surface area contributed by atoms with E-state index >= 15 is 0 Å². The van der Waals surface area contributed by atoms with Crippen molar-refractivity contribution in [1.82, 2.24) is 5.32 Å². The van der Waals surface area contributed by atoms with E-state index in [2.05, 4.69) is 48.1 Å². The first kappa shape index (κ1) is 17.3. The molecule has 0 aliphatic rings. The Kier molecular flexibility index (Phi) is 7.38. The van der Waals surface area contributed by atoms with E-state index in [4.69, 9.17) is 9.47 Å². The Bertz CT molecular complexity index is 423. The van der Waals surface area contributed by atoms with E-state index in [0.29, 0.717) is 12.0 Å². The second-order valence-corrected chi connectivity index (χ2v) is 5.86. The van der Waals surface area contributed by atoms with Crippen molar-refractivity contribution >= 4 is 15.9 Å².